The number of methoxy groups -OCH3 is 1. The molecule has 0 aliphatic rings. The van der Waals surface area contributed by atoms with Gasteiger partial charge in [0.1, 0.15) is 5.75 Å². The van der Waals surface area contributed by atoms with Crippen molar-refractivity contribution in [3.8, 4) is 5.75 Å². The topological polar surface area (TPSA) is 63.2 Å². The highest BCUT2D eigenvalue weighted by atomic mass is 16.5. The largest absolute Gasteiger partial charge is 0.497 e. The summed E-state index contributed by atoms with van der Waals surface area (Å²) in [5, 5.41) is 5.97. The Morgan fingerprint density at radius 3 is 2.91 bits per heavy atom. The summed E-state index contributed by atoms with van der Waals surface area (Å²) >= 11 is 0. The predicted octanol–water partition coefficient (Wildman–Crippen LogP) is 1.54. The summed E-state index contributed by atoms with van der Waals surface area (Å²) in [4.78, 5) is 15.9. The van der Waals surface area contributed by atoms with Crippen LogP contribution in [-0.4, -0.2) is 31.1 Å². The average molecular weight is 299 g/mol. The van der Waals surface area contributed by atoms with Gasteiger partial charge in [-0.05, 0) is 42.8 Å². The van der Waals surface area contributed by atoms with Crippen LogP contribution in [-0.2, 0) is 17.8 Å². The summed E-state index contributed by atoms with van der Waals surface area (Å²) in [5.74, 6) is 0.821. The third-order valence-electron chi connectivity index (χ3n) is 3.20. The minimum absolute atomic E-state index is 0.0312. The zero-order chi connectivity index (χ0) is 15.6. The Kier molecular flexibility index (Phi) is 6.39. The molecule has 0 bridgehead atoms. The molecule has 2 N–H and O–H groups in total. The van der Waals surface area contributed by atoms with Gasteiger partial charge in [-0.15, -0.1) is 0 Å². The van der Waals surface area contributed by atoms with Crippen LogP contribution in [0.5, 0.6) is 5.75 Å². The Labute approximate surface area is 130 Å². The maximum atomic E-state index is 11.7. The molecule has 1 aromatic carbocycles. The second kappa shape index (κ2) is 8.79. The standard InChI is InChI=1S/C17H21N3O2/c1-22-16-7-4-5-14(11-16)8-10-18-13-17(21)20-12-15-6-2-3-9-19-15/h2-7,9,11,18H,8,10,12-13H2,1H3,(H,20,21). The first-order chi connectivity index (χ1) is 10.8. The molecule has 116 valence electrons. The van der Waals surface area contributed by atoms with Crippen LogP contribution >= 0.6 is 0 Å². The van der Waals surface area contributed by atoms with E-state index in [0.29, 0.717) is 13.1 Å². The number of rotatable bonds is 8. The van der Waals surface area contributed by atoms with Crippen LogP contribution in [0.1, 0.15) is 11.3 Å². The van der Waals surface area contributed by atoms with Gasteiger partial charge in [0.2, 0.25) is 5.91 Å². The summed E-state index contributed by atoms with van der Waals surface area (Å²) in [6.45, 7) is 1.50. The Morgan fingerprint density at radius 1 is 1.23 bits per heavy atom. The number of hydrogen-bond acceptors (Lipinski definition) is 4. The van der Waals surface area contributed by atoms with Crippen LogP contribution in [0.2, 0.25) is 0 Å². The molecule has 0 aliphatic heterocycles. The summed E-state index contributed by atoms with van der Waals surface area (Å²) in [6.07, 6.45) is 2.57. The quantitative estimate of drug-likeness (QED) is 0.726. The Morgan fingerprint density at radius 2 is 2.14 bits per heavy atom. The molecule has 1 amide bonds. The van der Waals surface area contributed by atoms with Crippen LogP contribution in [0.15, 0.2) is 48.7 Å². The number of benzene rings is 1. The van der Waals surface area contributed by atoms with Crippen LogP contribution in [0.4, 0.5) is 0 Å². The molecule has 0 aliphatic carbocycles. The van der Waals surface area contributed by atoms with E-state index in [-0.39, 0.29) is 5.91 Å². The molecule has 0 spiro atoms. The van der Waals surface area contributed by atoms with Crippen molar-refractivity contribution in [1.29, 1.82) is 0 Å². The number of aromatic nitrogens is 1. The third kappa shape index (κ3) is 5.54. The smallest absolute Gasteiger partial charge is 0.234 e. The fraction of sp³-hybridized carbons (Fsp3) is 0.294. The van der Waals surface area contributed by atoms with Crippen molar-refractivity contribution in [2.24, 2.45) is 0 Å². The molecule has 0 radical (unpaired) electrons. The van der Waals surface area contributed by atoms with Crippen molar-refractivity contribution in [3.63, 3.8) is 0 Å². The van der Waals surface area contributed by atoms with Gasteiger partial charge in [0.15, 0.2) is 0 Å². The summed E-state index contributed by atoms with van der Waals surface area (Å²) < 4.78 is 5.18. The Balaban J connectivity index is 1.62. The van der Waals surface area contributed by atoms with Gasteiger partial charge < -0.3 is 15.4 Å². The van der Waals surface area contributed by atoms with Crippen molar-refractivity contribution in [2.45, 2.75) is 13.0 Å². The van der Waals surface area contributed by atoms with Gasteiger partial charge in [-0.1, -0.05) is 18.2 Å². The molecule has 0 atom stereocenters. The van der Waals surface area contributed by atoms with Crippen LogP contribution < -0.4 is 15.4 Å². The first kappa shape index (κ1) is 16.0. The van der Waals surface area contributed by atoms with Gasteiger partial charge in [0, 0.05) is 6.20 Å². The highest BCUT2D eigenvalue weighted by Crippen LogP contribution is 2.12. The number of nitrogens with one attached hydrogen (secondary N) is 2. The number of hydrogen-bond donors (Lipinski definition) is 2. The zero-order valence-corrected chi connectivity index (χ0v) is 12.7. The van der Waals surface area contributed by atoms with Gasteiger partial charge in [-0.2, -0.15) is 0 Å². The maximum absolute atomic E-state index is 11.7. The molecule has 0 fully saturated rings. The summed E-state index contributed by atoms with van der Waals surface area (Å²) in [6, 6.07) is 13.6. The van der Waals surface area contributed by atoms with Gasteiger partial charge in [0.25, 0.3) is 0 Å². The van der Waals surface area contributed by atoms with Gasteiger partial charge in [-0.3, -0.25) is 9.78 Å². The van der Waals surface area contributed by atoms with Crippen LogP contribution in [0.3, 0.4) is 0 Å². The molecule has 22 heavy (non-hydrogen) atoms. The van der Waals surface area contributed by atoms with Gasteiger partial charge in [0.05, 0.1) is 25.9 Å². The minimum Gasteiger partial charge on any atom is -0.497 e. The molecule has 5 heteroatoms. The van der Waals surface area contributed by atoms with Gasteiger partial charge in [-0.25, -0.2) is 0 Å². The minimum atomic E-state index is -0.0312. The number of carbonyl (C=O) groups is 1. The van der Waals surface area contributed by atoms with Crippen molar-refractivity contribution in [3.05, 3.63) is 59.9 Å². The molecular formula is C17H21N3O2. The van der Waals surface area contributed by atoms with E-state index in [1.165, 1.54) is 5.56 Å². The average Bonchev–Trinajstić information content (AvgIpc) is 2.58. The number of ether oxygens (including phenoxy) is 1. The normalized spacial score (nSPS) is 10.2. The van der Waals surface area contributed by atoms with E-state index in [1.807, 2.05) is 42.5 Å². The van der Waals surface area contributed by atoms with Crippen molar-refractivity contribution < 1.29 is 9.53 Å². The van der Waals surface area contributed by atoms with E-state index in [2.05, 4.69) is 15.6 Å². The number of pyridine rings is 1. The van der Waals surface area contributed by atoms with E-state index in [9.17, 15) is 4.79 Å². The number of nitrogens with zero attached hydrogens (tertiary/aromatic N) is 1. The Bertz CT molecular complexity index is 587. The molecule has 2 aromatic rings. The molecule has 0 saturated carbocycles. The lowest BCUT2D eigenvalue weighted by Crippen LogP contribution is -2.34. The van der Waals surface area contributed by atoms with Crippen molar-refractivity contribution in [2.75, 3.05) is 20.2 Å². The maximum Gasteiger partial charge on any atom is 0.234 e. The molecular weight excluding hydrogens is 278 g/mol. The molecule has 1 aromatic heterocycles. The fourth-order valence-corrected chi connectivity index (χ4v) is 2.02. The molecule has 2 rings (SSSR count). The molecule has 0 unspecified atom stereocenters. The van der Waals surface area contributed by atoms with Crippen molar-refractivity contribution >= 4 is 5.91 Å². The second-order valence-corrected chi connectivity index (χ2v) is 4.88. The van der Waals surface area contributed by atoms with Crippen LogP contribution in [0, 0.1) is 0 Å². The first-order valence-electron chi connectivity index (χ1n) is 7.28. The van der Waals surface area contributed by atoms with Gasteiger partial charge >= 0.3 is 0 Å². The summed E-state index contributed by atoms with van der Waals surface area (Å²) in [5.41, 5.74) is 2.04. The zero-order valence-electron chi connectivity index (χ0n) is 12.7. The van der Waals surface area contributed by atoms with Crippen molar-refractivity contribution in [1.82, 2.24) is 15.6 Å². The monoisotopic (exact) mass is 299 g/mol. The fourth-order valence-electron chi connectivity index (χ4n) is 2.02. The first-order valence-corrected chi connectivity index (χ1v) is 7.28. The predicted molar refractivity (Wildman–Crippen MR) is 85.7 cm³/mol. The number of amides is 1. The Hall–Kier alpha value is -2.40. The van der Waals surface area contributed by atoms with Crippen LogP contribution in [0.25, 0.3) is 0 Å². The highest BCUT2D eigenvalue weighted by Gasteiger charge is 2.01. The molecule has 5 nitrogen and oxygen atoms in total. The SMILES string of the molecule is COc1cccc(CCNCC(=O)NCc2ccccn2)c1. The molecule has 0 saturated heterocycles. The second-order valence-electron chi connectivity index (χ2n) is 4.88. The lowest BCUT2D eigenvalue weighted by molar-refractivity contribution is -0.120. The lowest BCUT2D eigenvalue weighted by atomic mass is 10.1. The highest BCUT2D eigenvalue weighted by molar-refractivity contribution is 5.77. The number of carbonyl (C=O) groups excluding carboxylic acids is 1. The van der Waals surface area contributed by atoms with E-state index in [0.717, 1.165) is 24.4 Å². The lowest BCUT2D eigenvalue weighted by Gasteiger charge is -2.07. The van der Waals surface area contributed by atoms with E-state index in [4.69, 9.17) is 4.74 Å². The molecule has 1 heterocycles. The summed E-state index contributed by atoms with van der Waals surface area (Å²) in [7, 11) is 1.66. The van der Waals surface area contributed by atoms with E-state index < -0.39 is 0 Å². The van der Waals surface area contributed by atoms with E-state index >= 15 is 0 Å². The third-order valence-corrected chi connectivity index (χ3v) is 3.20. The van der Waals surface area contributed by atoms with E-state index in [1.54, 1.807) is 13.3 Å².